The number of nitrogens with zero attached hydrogens (tertiary/aromatic N) is 3. The van der Waals surface area contributed by atoms with Gasteiger partial charge in [0.2, 0.25) is 0 Å². The maximum Gasteiger partial charge on any atom is 0.434 e. The van der Waals surface area contributed by atoms with Crippen LogP contribution < -0.4 is 9.80 Å². The topological polar surface area (TPSA) is 94.0 Å². The zero-order chi connectivity index (χ0) is 25.6. The van der Waals surface area contributed by atoms with E-state index in [2.05, 4.69) is 4.98 Å². The van der Waals surface area contributed by atoms with E-state index < -0.39 is 33.9 Å². The van der Waals surface area contributed by atoms with E-state index in [4.69, 9.17) is 0 Å². The van der Waals surface area contributed by atoms with Gasteiger partial charge in [0.05, 0.1) is 28.0 Å². The molecule has 0 saturated carbocycles. The molecule has 2 aromatic rings. The lowest BCUT2D eigenvalue weighted by molar-refractivity contribution is -0.143. The molecule has 0 amide bonds. The third kappa shape index (κ3) is 5.50. The SMILES string of the molecule is CC(C)[C@@H]1CN(c2ccc(CO)c(S(C)(=O)=O)c2)CCN1c1nc(C(F)(F)F)c(C(C)(C)O)s1. The Balaban J connectivity index is 1.97. The molecule has 1 fully saturated rings. The third-order valence-electron chi connectivity index (χ3n) is 5.86. The van der Waals surface area contributed by atoms with Crippen molar-refractivity contribution in [3.05, 3.63) is 34.3 Å². The molecule has 2 heterocycles. The first kappa shape index (κ1) is 26.7. The average molecular weight is 522 g/mol. The van der Waals surface area contributed by atoms with E-state index in [9.17, 15) is 31.8 Å². The highest BCUT2D eigenvalue weighted by Crippen LogP contribution is 2.43. The van der Waals surface area contributed by atoms with Crippen molar-refractivity contribution < 1.29 is 31.8 Å². The van der Waals surface area contributed by atoms with Crippen molar-refractivity contribution in [2.24, 2.45) is 5.92 Å². The van der Waals surface area contributed by atoms with Crippen LogP contribution >= 0.6 is 11.3 Å². The number of aliphatic hydroxyl groups excluding tert-OH is 1. The number of aromatic nitrogens is 1. The van der Waals surface area contributed by atoms with Gasteiger partial charge in [-0.25, -0.2) is 13.4 Å². The Morgan fingerprint density at radius 1 is 1.24 bits per heavy atom. The van der Waals surface area contributed by atoms with Crippen LogP contribution in [0.5, 0.6) is 0 Å². The Hall–Kier alpha value is -1.89. The average Bonchev–Trinajstić information content (AvgIpc) is 3.19. The molecule has 34 heavy (non-hydrogen) atoms. The van der Waals surface area contributed by atoms with Crippen LogP contribution in [-0.2, 0) is 28.2 Å². The molecule has 0 aliphatic carbocycles. The number of halogens is 3. The molecule has 1 aromatic heterocycles. The van der Waals surface area contributed by atoms with Crippen molar-refractivity contribution in [3.8, 4) is 0 Å². The molecule has 1 saturated heterocycles. The number of hydrogen-bond acceptors (Lipinski definition) is 8. The summed E-state index contributed by atoms with van der Waals surface area (Å²) in [5.41, 5.74) is -1.78. The molecule has 0 radical (unpaired) electrons. The zero-order valence-corrected chi connectivity index (χ0v) is 21.4. The number of rotatable bonds is 6. The molecule has 1 aliphatic rings. The lowest BCUT2D eigenvalue weighted by Crippen LogP contribution is -2.55. The van der Waals surface area contributed by atoms with Crippen LogP contribution in [-0.4, -0.2) is 55.5 Å². The zero-order valence-electron chi connectivity index (χ0n) is 19.7. The minimum Gasteiger partial charge on any atom is -0.392 e. The normalized spacial score (nSPS) is 18.1. The molecule has 7 nitrogen and oxygen atoms in total. The maximum atomic E-state index is 13.6. The Labute approximate surface area is 201 Å². The molecule has 1 atom stereocenters. The molecular formula is C22H30F3N3O4S2. The van der Waals surface area contributed by atoms with E-state index in [1.807, 2.05) is 23.6 Å². The predicted octanol–water partition coefficient (Wildman–Crippen LogP) is 3.64. The molecule has 0 spiro atoms. The minimum absolute atomic E-state index is 0.0534. The first-order chi connectivity index (χ1) is 15.5. The summed E-state index contributed by atoms with van der Waals surface area (Å²) in [4.78, 5) is 7.57. The van der Waals surface area contributed by atoms with Gasteiger partial charge in [0.25, 0.3) is 0 Å². The summed E-state index contributed by atoms with van der Waals surface area (Å²) in [5, 5.41) is 20.0. The molecule has 2 N–H and O–H groups in total. The van der Waals surface area contributed by atoms with Crippen LogP contribution in [0.15, 0.2) is 23.1 Å². The number of alkyl halides is 3. The molecule has 0 bridgehead atoms. The molecular weight excluding hydrogens is 491 g/mol. The highest BCUT2D eigenvalue weighted by atomic mass is 32.2. The summed E-state index contributed by atoms with van der Waals surface area (Å²) < 4.78 is 65.3. The lowest BCUT2D eigenvalue weighted by atomic mass is 9.99. The largest absolute Gasteiger partial charge is 0.434 e. The van der Waals surface area contributed by atoms with Gasteiger partial charge in [0.1, 0.15) is 0 Å². The summed E-state index contributed by atoms with van der Waals surface area (Å²) in [7, 11) is -3.56. The second kappa shape index (κ2) is 9.29. The van der Waals surface area contributed by atoms with Crippen molar-refractivity contribution >= 4 is 32.0 Å². The van der Waals surface area contributed by atoms with Crippen molar-refractivity contribution in [1.29, 1.82) is 0 Å². The van der Waals surface area contributed by atoms with Gasteiger partial charge in [-0.3, -0.25) is 0 Å². The first-order valence-electron chi connectivity index (χ1n) is 10.8. The molecule has 190 valence electrons. The summed E-state index contributed by atoms with van der Waals surface area (Å²) in [6.07, 6.45) is -3.60. The number of hydrogen-bond donors (Lipinski definition) is 2. The number of piperazine rings is 1. The summed E-state index contributed by atoms with van der Waals surface area (Å²) in [5.74, 6) is 0.0534. The monoisotopic (exact) mass is 521 g/mol. The van der Waals surface area contributed by atoms with Gasteiger partial charge in [-0.2, -0.15) is 13.2 Å². The standard InChI is InChI=1S/C22H30F3N3O4S2/c1-13(2)16-11-27(15-7-6-14(12-29)17(10-15)34(5,31)32)8-9-28(16)20-26-18(22(23,24)25)19(33-20)21(3,4)30/h6-7,10,13,16,29-30H,8-9,11-12H2,1-5H3/t16-/m0/s1. The summed E-state index contributed by atoms with van der Waals surface area (Å²) >= 11 is 0.848. The van der Waals surface area contributed by atoms with E-state index >= 15 is 0 Å². The Bertz CT molecular complexity index is 1110. The predicted molar refractivity (Wildman–Crippen MR) is 126 cm³/mol. The van der Waals surface area contributed by atoms with Gasteiger partial charge in [-0.05, 0) is 37.5 Å². The van der Waals surface area contributed by atoms with E-state index in [0.29, 0.717) is 30.9 Å². The number of anilines is 2. The fourth-order valence-electron chi connectivity index (χ4n) is 4.11. The van der Waals surface area contributed by atoms with E-state index in [1.165, 1.54) is 19.9 Å². The molecule has 12 heteroatoms. The van der Waals surface area contributed by atoms with Gasteiger partial charge in [0.15, 0.2) is 20.7 Å². The number of sulfone groups is 1. The van der Waals surface area contributed by atoms with Gasteiger partial charge >= 0.3 is 6.18 Å². The van der Waals surface area contributed by atoms with Crippen molar-refractivity contribution in [1.82, 2.24) is 4.98 Å². The van der Waals surface area contributed by atoms with Crippen molar-refractivity contribution in [2.45, 2.75) is 57.0 Å². The molecule has 0 unspecified atom stereocenters. The highest BCUT2D eigenvalue weighted by molar-refractivity contribution is 7.90. The fraction of sp³-hybridized carbons (Fsp3) is 0.591. The highest BCUT2D eigenvalue weighted by Gasteiger charge is 2.43. The lowest BCUT2D eigenvalue weighted by Gasteiger charge is -2.44. The van der Waals surface area contributed by atoms with Crippen LogP contribution in [0.3, 0.4) is 0 Å². The third-order valence-corrected chi connectivity index (χ3v) is 8.44. The smallest absolute Gasteiger partial charge is 0.392 e. The van der Waals surface area contributed by atoms with Crippen molar-refractivity contribution in [3.63, 3.8) is 0 Å². The molecule has 1 aromatic carbocycles. The second-order valence-corrected chi connectivity index (χ2v) is 12.4. The van der Waals surface area contributed by atoms with Gasteiger partial charge < -0.3 is 20.0 Å². The quantitative estimate of drug-likeness (QED) is 0.600. The number of benzene rings is 1. The van der Waals surface area contributed by atoms with E-state index in [1.54, 1.807) is 12.1 Å². The summed E-state index contributed by atoms with van der Waals surface area (Å²) in [6, 6.07) is 4.65. The van der Waals surface area contributed by atoms with Gasteiger partial charge in [-0.1, -0.05) is 31.3 Å². The summed E-state index contributed by atoms with van der Waals surface area (Å²) in [6.45, 7) is 7.40. The molecule has 3 rings (SSSR count). The number of thiazole rings is 1. The Morgan fingerprint density at radius 2 is 1.88 bits per heavy atom. The molecule has 1 aliphatic heterocycles. The number of aliphatic hydroxyl groups is 2. The Kier molecular flexibility index (Phi) is 7.30. The van der Waals surface area contributed by atoms with Crippen LogP contribution in [0, 0.1) is 5.92 Å². The van der Waals surface area contributed by atoms with Crippen LogP contribution in [0.2, 0.25) is 0 Å². The van der Waals surface area contributed by atoms with Crippen molar-refractivity contribution in [2.75, 3.05) is 35.7 Å². The van der Waals surface area contributed by atoms with Gasteiger partial charge in [-0.15, -0.1) is 0 Å². The second-order valence-electron chi connectivity index (χ2n) is 9.40. The fourth-order valence-corrected chi connectivity index (χ4v) is 6.22. The first-order valence-corrected chi connectivity index (χ1v) is 13.5. The Morgan fingerprint density at radius 3 is 2.35 bits per heavy atom. The van der Waals surface area contributed by atoms with E-state index in [-0.39, 0.29) is 26.9 Å². The van der Waals surface area contributed by atoms with Gasteiger partial charge in [0, 0.05) is 31.6 Å². The van der Waals surface area contributed by atoms with Crippen LogP contribution in [0.1, 0.15) is 43.8 Å². The van der Waals surface area contributed by atoms with Crippen LogP contribution in [0.25, 0.3) is 0 Å². The van der Waals surface area contributed by atoms with Crippen LogP contribution in [0.4, 0.5) is 24.0 Å². The van der Waals surface area contributed by atoms with E-state index in [0.717, 1.165) is 17.6 Å². The maximum absolute atomic E-state index is 13.6. The minimum atomic E-state index is -4.68.